The predicted molar refractivity (Wildman–Crippen MR) is 35.6 cm³/mol. The number of hydrogen-bond donors (Lipinski definition) is 2. The van der Waals surface area contributed by atoms with Gasteiger partial charge >= 0.3 is 0 Å². The number of hydrogen-bond acceptors (Lipinski definition) is 3. The molecule has 0 saturated heterocycles. The molecule has 0 spiro atoms. The van der Waals surface area contributed by atoms with Gasteiger partial charge in [-0.1, -0.05) is 0 Å². The van der Waals surface area contributed by atoms with Gasteiger partial charge in [-0.25, -0.2) is 5.43 Å². The molecule has 2 N–H and O–H groups in total. The lowest BCUT2D eigenvalue weighted by Gasteiger charge is -1.91. The van der Waals surface area contributed by atoms with E-state index in [1.165, 1.54) is 6.20 Å². The van der Waals surface area contributed by atoms with Crippen molar-refractivity contribution in [2.24, 2.45) is 5.10 Å². The van der Waals surface area contributed by atoms with E-state index in [1.54, 1.807) is 6.07 Å². The zero-order valence-electron chi connectivity index (χ0n) is 5.16. The van der Waals surface area contributed by atoms with Gasteiger partial charge in [-0.05, 0) is 6.07 Å². The summed E-state index contributed by atoms with van der Waals surface area (Å²) in [5, 5.41) is 9.24. The topological polar surface area (TPSA) is 70.1 Å². The molecule has 0 atom stereocenters. The van der Waals surface area contributed by atoms with Gasteiger partial charge < -0.3 is 0 Å². The fourth-order valence-corrected chi connectivity index (χ4v) is 0.514. The highest BCUT2D eigenvalue weighted by Crippen LogP contribution is 1.89. The van der Waals surface area contributed by atoms with Crippen LogP contribution in [-0.4, -0.2) is 22.8 Å². The summed E-state index contributed by atoms with van der Waals surface area (Å²) in [5.74, 6) is -0.340. The maximum absolute atomic E-state index is 10.8. The molecule has 0 aliphatic rings. The van der Waals surface area contributed by atoms with E-state index in [4.69, 9.17) is 0 Å². The van der Waals surface area contributed by atoms with Crippen LogP contribution in [0.2, 0.25) is 0 Å². The Balaban J connectivity index is 2.68. The molecular formula is C5H6N4O. The molecule has 1 aromatic heterocycles. The molecule has 0 unspecified atom stereocenters. The Bertz CT molecular complexity index is 228. The third-order valence-corrected chi connectivity index (χ3v) is 0.926. The van der Waals surface area contributed by atoms with Crippen molar-refractivity contribution in [3.63, 3.8) is 0 Å². The van der Waals surface area contributed by atoms with Crippen LogP contribution in [0.1, 0.15) is 10.5 Å². The highest BCUT2D eigenvalue weighted by molar-refractivity contribution is 5.91. The average molecular weight is 138 g/mol. The van der Waals surface area contributed by atoms with Crippen molar-refractivity contribution in [1.29, 1.82) is 0 Å². The van der Waals surface area contributed by atoms with Crippen molar-refractivity contribution in [3.8, 4) is 0 Å². The number of nitrogens with zero attached hydrogens (tertiary/aromatic N) is 2. The van der Waals surface area contributed by atoms with Crippen LogP contribution < -0.4 is 5.43 Å². The van der Waals surface area contributed by atoms with Crippen LogP contribution in [-0.2, 0) is 0 Å². The lowest BCUT2D eigenvalue weighted by Crippen LogP contribution is -2.16. The van der Waals surface area contributed by atoms with E-state index >= 15 is 0 Å². The van der Waals surface area contributed by atoms with Gasteiger partial charge in [0.2, 0.25) is 0 Å². The van der Waals surface area contributed by atoms with E-state index in [0.717, 1.165) is 0 Å². The van der Waals surface area contributed by atoms with Gasteiger partial charge in [0, 0.05) is 12.9 Å². The lowest BCUT2D eigenvalue weighted by molar-refractivity contribution is 0.0950. The van der Waals surface area contributed by atoms with Crippen LogP contribution >= 0.6 is 0 Å². The van der Waals surface area contributed by atoms with Crippen molar-refractivity contribution in [3.05, 3.63) is 18.0 Å². The number of rotatable bonds is 2. The smallest absolute Gasteiger partial charge is 0.273 e. The molecular weight excluding hydrogens is 132 g/mol. The van der Waals surface area contributed by atoms with E-state index in [-0.39, 0.29) is 5.91 Å². The minimum absolute atomic E-state index is 0.340. The highest BCUT2D eigenvalue weighted by atomic mass is 16.2. The Morgan fingerprint density at radius 3 is 3.20 bits per heavy atom. The Kier molecular flexibility index (Phi) is 1.79. The van der Waals surface area contributed by atoms with Gasteiger partial charge in [0.25, 0.3) is 5.91 Å². The van der Waals surface area contributed by atoms with Crippen LogP contribution in [0.4, 0.5) is 0 Å². The number of aromatic nitrogens is 2. The second kappa shape index (κ2) is 2.77. The molecule has 1 aromatic rings. The van der Waals surface area contributed by atoms with Crippen molar-refractivity contribution in [1.82, 2.24) is 15.6 Å². The largest absolute Gasteiger partial charge is 0.289 e. The fraction of sp³-hybridized carbons (Fsp3) is 0. The number of carbonyl (C=O) groups is 1. The molecule has 1 amide bonds. The number of hydrazone groups is 1. The van der Waals surface area contributed by atoms with E-state index < -0.39 is 0 Å². The third-order valence-electron chi connectivity index (χ3n) is 0.926. The summed E-state index contributed by atoms with van der Waals surface area (Å²) in [6.45, 7) is 3.09. The summed E-state index contributed by atoms with van der Waals surface area (Å²) in [4.78, 5) is 10.8. The van der Waals surface area contributed by atoms with Gasteiger partial charge in [-0.2, -0.15) is 10.2 Å². The van der Waals surface area contributed by atoms with Crippen molar-refractivity contribution < 1.29 is 4.79 Å². The molecule has 0 saturated carbocycles. The van der Waals surface area contributed by atoms with Crippen molar-refractivity contribution in [2.45, 2.75) is 0 Å². The van der Waals surface area contributed by atoms with E-state index in [2.05, 4.69) is 27.4 Å². The molecule has 0 aliphatic carbocycles. The number of nitrogens with one attached hydrogen (secondary N) is 2. The summed E-state index contributed by atoms with van der Waals surface area (Å²) in [5.41, 5.74) is 2.52. The van der Waals surface area contributed by atoms with Gasteiger partial charge in [0.05, 0.1) is 0 Å². The van der Waals surface area contributed by atoms with Crippen molar-refractivity contribution in [2.75, 3.05) is 0 Å². The molecule has 5 nitrogen and oxygen atoms in total. The quantitative estimate of drug-likeness (QED) is 0.437. The Morgan fingerprint density at radius 2 is 2.70 bits per heavy atom. The summed E-state index contributed by atoms with van der Waals surface area (Å²) < 4.78 is 0. The van der Waals surface area contributed by atoms with Crippen LogP contribution in [0.25, 0.3) is 0 Å². The number of carbonyl (C=O) groups excluding carboxylic acids is 1. The average Bonchev–Trinajstić information content (AvgIpc) is 2.38. The summed E-state index contributed by atoms with van der Waals surface area (Å²) in [6.07, 6.45) is 1.48. The normalized spacial score (nSPS) is 8.80. The summed E-state index contributed by atoms with van der Waals surface area (Å²) in [7, 11) is 0. The summed E-state index contributed by atoms with van der Waals surface area (Å²) in [6, 6.07) is 1.54. The number of aromatic amines is 1. The molecule has 0 radical (unpaired) electrons. The molecule has 52 valence electrons. The zero-order valence-corrected chi connectivity index (χ0v) is 5.16. The van der Waals surface area contributed by atoms with Crippen LogP contribution in [0.5, 0.6) is 0 Å². The van der Waals surface area contributed by atoms with E-state index in [1.807, 2.05) is 0 Å². The standard InChI is InChI=1S/C5H6N4O/c1-6-9-5(10)4-2-3-7-8-4/h2-3H,1H2,(H,7,8)(H,9,10). The Morgan fingerprint density at radius 1 is 1.90 bits per heavy atom. The molecule has 0 fully saturated rings. The van der Waals surface area contributed by atoms with Crippen LogP contribution in [0, 0.1) is 0 Å². The van der Waals surface area contributed by atoms with E-state index in [0.29, 0.717) is 5.69 Å². The first-order valence-corrected chi connectivity index (χ1v) is 2.60. The SMILES string of the molecule is C=NNC(=O)c1ccn[nH]1. The van der Waals surface area contributed by atoms with Crippen molar-refractivity contribution >= 4 is 12.6 Å². The fourth-order valence-electron chi connectivity index (χ4n) is 0.514. The summed E-state index contributed by atoms with van der Waals surface area (Å²) >= 11 is 0. The van der Waals surface area contributed by atoms with Gasteiger partial charge in [-0.15, -0.1) is 0 Å². The third kappa shape index (κ3) is 1.19. The van der Waals surface area contributed by atoms with Crippen LogP contribution in [0.3, 0.4) is 0 Å². The first-order chi connectivity index (χ1) is 4.84. The minimum Gasteiger partial charge on any atom is -0.273 e. The maximum atomic E-state index is 10.8. The van der Waals surface area contributed by atoms with Gasteiger partial charge in [0.1, 0.15) is 5.69 Å². The maximum Gasteiger partial charge on any atom is 0.289 e. The number of H-pyrrole nitrogens is 1. The Labute approximate surface area is 57.1 Å². The predicted octanol–water partition coefficient (Wildman–Crippen LogP) is -0.245. The van der Waals surface area contributed by atoms with Crippen LogP contribution in [0.15, 0.2) is 17.4 Å². The van der Waals surface area contributed by atoms with Gasteiger partial charge in [-0.3, -0.25) is 9.89 Å². The van der Waals surface area contributed by atoms with Gasteiger partial charge in [0.15, 0.2) is 0 Å². The Hall–Kier alpha value is -1.65. The second-order valence-corrected chi connectivity index (χ2v) is 1.57. The molecule has 0 aromatic carbocycles. The second-order valence-electron chi connectivity index (χ2n) is 1.57. The molecule has 0 bridgehead atoms. The lowest BCUT2D eigenvalue weighted by atomic mass is 10.4. The molecule has 1 heterocycles. The highest BCUT2D eigenvalue weighted by Gasteiger charge is 2.02. The zero-order chi connectivity index (χ0) is 7.40. The van der Waals surface area contributed by atoms with E-state index in [9.17, 15) is 4.79 Å². The minimum atomic E-state index is -0.340. The molecule has 5 heteroatoms. The monoisotopic (exact) mass is 138 g/mol. The molecule has 0 aliphatic heterocycles. The molecule has 1 rings (SSSR count). The number of amides is 1. The first kappa shape index (κ1) is 6.47. The first-order valence-electron chi connectivity index (χ1n) is 2.60. The molecule has 10 heavy (non-hydrogen) atoms.